The number of pyridine rings is 1. The molecule has 0 amide bonds. The fraction of sp³-hybridized carbons (Fsp3) is 0.286. The molecule has 0 aromatic carbocycles. The van der Waals surface area contributed by atoms with Crippen LogP contribution in [0, 0.1) is 13.8 Å². The second-order valence-corrected chi connectivity index (χ2v) is 2.59. The first-order chi connectivity index (χ1) is 4.61. The van der Waals surface area contributed by atoms with Crippen LogP contribution < -0.4 is 0 Å². The van der Waals surface area contributed by atoms with Crippen molar-refractivity contribution >= 4 is 11.6 Å². The number of hydrogen-bond acceptors (Lipinski definition) is 2. The van der Waals surface area contributed by atoms with Crippen molar-refractivity contribution in [1.29, 1.82) is 0 Å². The highest BCUT2D eigenvalue weighted by atomic mass is 35.5. The van der Waals surface area contributed by atoms with Gasteiger partial charge < -0.3 is 5.11 Å². The van der Waals surface area contributed by atoms with Gasteiger partial charge in [-0.25, -0.2) is 0 Å². The topological polar surface area (TPSA) is 33.1 Å². The molecule has 1 heterocycles. The minimum atomic E-state index is 0.0762. The van der Waals surface area contributed by atoms with E-state index in [0.717, 1.165) is 5.69 Å². The molecular weight excluding hydrogens is 150 g/mol. The van der Waals surface area contributed by atoms with Crippen molar-refractivity contribution in [2.24, 2.45) is 0 Å². The fourth-order valence-corrected chi connectivity index (χ4v) is 1.07. The summed E-state index contributed by atoms with van der Waals surface area (Å²) in [5.74, 6) is 0.0762. The minimum Gasteiger partial charge on any atom is -0.505 e. The molecule has 3 heteroatoms. The van der Waals surface area contributed by atoms with Gasteiger partial charge in [-0.15, -0.1) is 0 Å². The van der Waals surface area contributed by atoms with Crippen LogP contribution in [0.1, 0.15) is 11.4 Å². The van der Waals surface area contributed by atoms with Gasteiger partial charge in [-0.1, -0.05) is 11.6 Å². The highest BCUT2D eigenvalue weighted by molar-refractivity contribution is 6.32. The predicted octanol–water partition coefficient (Wildman–Crippen LogP) is 2.06. The van der Waals surface area contributed by atoms with E-state index < -0.39 is 0 Å². The third kappa shape index (κ3) is 1.21. The zero-order valence-electron chi connectivity index (χ0n) is 5.85. The van der Waals surface area contributed by atoms with Crippen LogP contribution in [-0.4, -0.2) is 10.1 Å². The van der Waals surface area contributed by atoms with Crippen LogP contribution >= 0.6 is 11.6 Å². The van der Waals surface area contributed by atoms with Gasteiger partial charge in [0.05, 0.1) is 10.7 Å². The van der Waals surface area contributed by atoms with Crippen LogP contribution in [0.25, 0.3) is 0 Å². The second kappa shape index (κ2) is 2.46. The van der Waals surface area contributed by atoms with E-state index in [-0.39, 0.29) is 5.75 Å². The number of rotatable bonds is 0. The third-order valence-corrected chi connectivity index (χ3v) is 1.54. The highest BCUT2D eigenvalue weighted by Gasteiger charge is 2.02. The van der Waals surface area contributed by atoms with Crippen LogP contribution in [0.15, 0.2) is 6.07 Å². The Kier molecular flexibility index (Phi) is 1.81. The maximum Gasteiger partial charge on any atom is 0.155 e. The molecule has 0 atom stereocenters. The van der Waals surface area contributed by atoms with E-state index in [0.29, 0.717) is 10.7 Å². The summed E-state index contributed by atoms with van der Waals surface area (Å²) in [5.41, 5.74) is 1.39. The molecule has 0 aliphatic heterocycles. The average molecular weight is 158 g/mol. The lowest BCUT2D eigenvalue weighted by molar-refractivity contribution is 0.467. The van der Waals surface area contributed by atoms with Gasteiger partial charge in [-0.3, -0.25) is 4.98 Å². The summed E-state index contributed by atoms with van der Waals surface area (Å²) in [4.78, 5) is 4.00. The lowest BCUT2D eigenvalue weighted by Crippen LogP contribution is -1.86. The third-order valence-electron chi connectivity index (χ3n) is 1.25. The number of hydrogen-bond donors (Lipinski definition) is 1. The maximum atomic E-state index is 9.14. The van der Waals surface area contributed by atoms with Crippen LogP contribution in [0.5, 0.6) is 5.75 Å². The zero-order chi connectivity index (χ0) is 7.72. The van der Waals surface area contributed by atoms with Crippen molar-refractivity contribution in [3.8, 4) is 5.75 Å². The summed E-state index contributed by atoms with van der Waals surface area (Å²) in [6, 6.07) is 1.63. The monoisotopic (exact) mass is 157 g/mol. The Morgan fingerprint density at radius 3 is 2.60 bits per heavy atom. The molecule has 0 aliphatic carbocycles. The molecule has 0 radical (unpaired) electrons. The van der Waals surface area contributed by atoms with Crippen LogP contribution in [-0.2, 0) is 0 Å². The molecule has 0 saturated heterocycles. The number of aromatic nitrogens is 1. The molecule has 10 heavy (non-hydrogen) atoms. The van der Waals surface area contributed by atoms with E-state index in [2.05, 4.69) is 4.98 Å². The molecule has 0 saturated carbocycles. The molecule has 54 valence electrons. The van der Waals surface area contributed by atoms with E-state index in [4.69, 9.17) is 16.7 Å². The first-order valence-corrected chi connectivity index (χ1v) is 3.32. The summed E-state index contributed by atoms with van der Waals surface area (Å²) in [5, 5.41) is 9.50. The van der Waals surface area contributed by atoms with Crippen molar-refractivity contribution < 1.29 is 5.11 Å². The molecule has 1 aromatic rings. The van der Waals surface area contributed by atoms with Crippen LogP contribution in [0.4, 0.5) is 0 Å². The van der Waals surface area contributed by atoms with Gasteiger partial charge in [-0.05, 0) is 19.9 Å². The minimum absolute atomic E-state index is 0.0762. The van der Waals surface area contributed by atoms with Crippen molar-refractivity contribution in [2.45, 2.75) is 13.8 Å². The molecular formula is C7H8ClNO. The van der Waals surface area contributed by atoms with Gasteiger partial charge in [0.25, 0.3) is 0 Å². The molecule has 1 N–H and O–H groups in total. The summed E-state index contributed by atoms with van der Waals surface area (Å²) >= 11 is 5.63. The number of nitrogens with zero attached hydrogens (tertiary/aromatic N) is 1. The Balaban J connectivity index is 3.31. The Hall–Kier alpha value is -0.760. The zero-order valence-corrected chi connectivity index (χ0v) is 6.61. The Morgan fingerprint density at radius 2 is 2.10 bits per heavy atom. The van der Waals surface area contributed by atoms with Gasteiger partial charge in [0.1, 0.15) is 0 Å². The Morgan fingerprint density at radius 1 is 1.50 bits per heavy atom. The molecule has 1 rings (SSSR count). The first-order valence-electron chi connectivity index (χ1n) is 2.94. The van der Waals surface area contributed by atoms with E-state index >= 15 is 0 Å². The van der Waals surface area contributed by atoms with Gasteiger partial charge in [0, 0.05) is 5.69 Å². The predicted molar refractivity (Wildman–Crippen MR) is 40.4 cm³/mol. The van der Waals surface area contributed by atoms with E-state index in [9.17, 15) is 0 Å². The van der Waals surface area contributed by atoms with Gasteiger partial charge in [0.2, 0.25) is 0 Å². The summed E-state index contributed by atoms with van der Waals surface area (Å²) < 4.78 is 0. The SMILES string of the molecule is Cc1cc(Cl)c(O)c(C)n1. The van der Waals surface area contributed by atoms with Gasteiger partial charge in [0.15, 0.2) is 5.75 Å². The van der Waals surface area contributed by atoms with Gasteiger partial charge >= 0.3 is 0 Å². The summed E-state index contributed by atoms with van der Waals surface area (Å²) in [6.07, 6.45) is 0. The van der Waals surface area contributed by atoms with Gasteiger partial charge in [-0.2, -0.15) is 0 Å². The molecule has 1 aromatic heterocycles. The van der Waals surface area contributed by atoms with Crippen molar-refractivity contribution in [3.05, 3.63) is 22.5 Å². The highest BCUT2D eigenvalue weighted by Crippen LogP contribution is 2.25. The van der Waals surface area contributed by atoms with E-state index in [1.54, 1.807) is 13.0 Å². The van der Waals surface area contributed by atoms with Crippen molar-refractivity contribution in [2.75, 3.05) is 0 Å². The van der Waals surface area contributed by atoms with E-state index in [1.807, 2.05) is 6.92 Å². The Labute approximate surface area is 64.5 Å². The summed E-state index contributed by atoms with van der Waals surface area (Å²) in [6.45, 7) is 3.55. The maximum absolute atomic E-state index is 9.14. The molecule has 0 bridgehead atoms. The lowest BCUT2D eigenvalue weighted by Gasteiger charge is -2.00. The largest absolute Gasteiger partial charge is 0.505 e. The molecule has 0 spiro atoms. The first kappa shape index (κ1) is 7.35. The number of aryl methyl sites for hydroxylation is 2. The number of aromatic hydroxyl groups is 1. The molecule has 0 fully saturated rings. The van der Waals surface area contributed by atoms with Crippen LogP contribution in [0.3, 0.4) is 0 Å². The Bertz CT molecular complexity index is 237. The molecule has 0 aliphatic rings. The normalized spacial score (nSPS) is 9.90. The standard InChI is InChI=1S/C7H8ClNO/c1-4-3-6(8)7(10)5(2)9-4/h3,10H,1-2H3. The summed E-state index contributed by atoms with van der Waals surface area (Å²) in [7, 11) is 0. The van der Waals surface area contributed by atoms with Crippen LogP contribution in [0.2, 0.25) is 5.02 Å². The van der Waals surface area contributed by atoms with E-state index in [1.165, 1.54) is 0 Å². The van der Waals surface area contributed by atoms with Crippen molar-refractivity contribution in [3.63, 3.8) is 0 Å². The molecule has 0 unspecified atom stereocenters. The average Bonchev–Trinajstić information content (AvgIpc) is 1.82. The molecule has 2 nitrogen and oxygen atoms in total. The second-order valence-electron chi connectivity index (χ2n) is 2.18. The lowest BCUT2D eigenvalue weighted by atomic mass is 10.3. The fourth-order valence-electron chi connectivity index (χ4n) is 0.774. The smallest absolute Gasteiger partial charge is 0.155 e. The van der Waals surface area contributed by atoms with Crippen molar-refractivity contribution in [1.82, 2.24) is 4.98 Å². The quantitative estimate of drug-likeness (QED) is 0.626. The number of halogens is 1.